The Morgan fingerprint density at radius 3 is 2.14 bits per heavy atom. The lowest BCUT2D eigenvalue weighted by Crippen LogP contribution is -2.41. The standard InChI is InChI=1S/C15H22N2O4.ClH/c1-19-12-6-10(7-13(20-2)14(12)21-3)15(18)17-11(8-16)9-4-5-9;/h6-7,9,11H,4-5,8,16H2,1-3H3,(H,17,18);1H. The molecule has 0 aliphatic heterocycles. The topological polar surface area (TPSA) is 82.8 Å². The maximum atomic E-state index is 12.4. The van der Waals surface area contributed by atoms with E-state index in [2.05, 4.69) is 5.32 Å². The van der Waals surface area contributed by atoms with Gasteiger partial charge in [0, 0.05) is 18.2 Å². The maximum absolute atomic E-state index is 12.4. The molecule has 124 valence electrons. The van der Waals surface area contributed by atoms with Gasteiger partial charge in [-0.25, -0.2) is 0 Å². The molecule has 1 aliphatic rings. The van der Waals surface area contributed by atoms with Crippen LogP contribution in [0.3, 0.4) is 0 Å². The van der Waals surface area contributed by atoms with Gasteiger partial charge in [0.1, 0.15) is 0 Å². The van der Waals surface area contributed by atoms with E-state index in [9.17, 15) is 4.79 Å². The molecule has 1 aromatic carbocycles. The number of carbonyl (C=O) groups is 1. The van der Waals surface area contributed by atoms with E-state index in [4.69, 9.17) is 19.9 Å². The number of hydrogen-bond donors (Lipinski definition) is 2. The zero-order valence-corrected chi connectivity index (χ0v) is 13.9. The first kappa shape index (κ1) is 18.4. The molecule has 1 aromatic rings. The second-order valence-corrected chi connectivity index (χ2v) is 5.07. The summed E-state index contributed by atoms with van der Waals surface area (Å²) in [5.74, 6) is 1.70. The van der Waals surface area contributed by atoms with Crippen molar-refractivity contribution in [3.63, 3.8) is 0 Å². The van der Waals surface area contributed by atoms with Crippen LogP contribution in [-0.4, -0.2) is 39.8 Å². The van der Waals surface area contributed by atoms with Crippen molar-refractivity contribution in [2.24, 2.45) is 11.7 Å². The second kappa shape index (κ2) is 8.10. The van der Waals surface area contributed by atoms with Gasteiger partial charge in [-0.2, -0.15) is 0 Å². The molecule has 1 unspecified atom stereocenters. The Hall–Kier alpha value is -1.66. The van der Waals surface area contributed by atoms with Crippen LogP contribution >= 0.6 is 12.4 Å². The first-order valence-electron chi connectivity index (χ1n) is 6.95. The fraction of sp³-hybridized carbons (Fsp3) is 0.533. The Morgan fingerprint density at radius 2 is 1.77 bits per heavy atom. The Balaban J connectivity index is 0.00000242. The molecule has 0 heterocycles. The second-order valence-electron chi connectivity index (χ2n) is 5.07. The average molecular weight is 331 g/mol. The van der Waals surface area contributed by atoms with Gasteiger partial charge < -0.3 is 25.3 Å². The summed E-state index contributed by atoms with van der Waals surface area (Å²) >= 11 is 0. The highest BCUT2D eigenvalue weighted by atomic mass is 35.5. The van der Waals surface area contributed by atoms with Crippen LogP contribution in [0.1, 0.15) is 23.2 Å². The molecule has 7 heteroatoms. The van der Waals surface area contributed by atoms with Gasteiger partial charge in [0.2, 0.25) is 5.75 Å². The molecule has 0 radical (unpaired) electrons. The smallest absolute Gasteiger partial charge is 0.251 e. The van der Waals surface area contributed by atoms with Crippen molar-refractivity contribution in [2.75, 3.05) is 27.9 Å². The summed E-state index contributed by atoms with van der Waals surface area (Å²) in [4.78, 5) is 12.4. The van der Waals surface area contributed by atoms with Crippen LogP contribution in [0.4, 0.5) is 0 Å². The third-order valence-electron chi connectivity index (χ3n) is 3.69. The van der Waals surface area contributed by atoms with Crippen LogP contribution in [0.15, 0.2) is 12.1 Å². The predicted octanol–water partition coefficient (Wildman–Crippen LogP) is 1.60. The number of nitrogens with one attached hydrogen (secondary N) is 1. The number of nitrogens with two attached hydrogens (primary N) is 1. The number of carbonyl (C=O) groups excluding carboxylic acids is 1. The van der Waals surface area contributed by atoms with E-state index in [1.807, 2.05) is 0 Å². The van der Waals surface area contributed by atoms with E-state index in [0.29, 0.717) is 35.3 Å². The molecule has 2 rings (SSSR count). The molecule has 1 atom stereocenters. The Kier molecular flexibility index (Phi) is 6.77. The largest absolute Gasteiger partial charge is 0.493 e. The lowest BCUT2D eigenvalue weighted by Gasteiger charge is -2.18. The predicted molar refractivity (Wildman–Crippen MR) is 86.4 cm³/mol. The van der Waals surface area contributed by atoms with Crippen molar-refractivity contribution >= 4 is 18.3 Å². The fourth-order valence-corrected chi connectivity index (χ4v) is 2.33. The van der Waals surface area contributed by atoms with Crippen molar-refractivity contribution < 1.29 is 19.0 Å². The Bertz CT molecular complexity index is 495. The minimum Gasteiger partial charge on any atom is -0.493 e. The minimum atomic E-state index is -0.184. The molecule has 0 bridgehead atoms. The Labute approximate surface area is 136 Å². The van der Waals surface area contributed by atoms with Gasteiger partial charge in [-0.1, -0.05) is 0 Å². The molecule has 1 fully saturated rings. The number of methoxy groups -OCH3 is 3. The number of ether oxygens (including phenoxy) is 3. The molecule has 0 saturated heterocycles. The van der Waals surface area contributed by atoms with Gasteiger partial charge in [-0.15, -0.1) is 12.4 Å². The van der Waals surface area contributed by atoms with E-state index < -0.39 is 0 Å². The number of benzene rings is 1. The molecule has 0 spiro atoms. The summed E-state index contributed by atoms with van der Waals surface area (Å²) in [7, 11) is 4.56. The highest BCUT2D eigenvalue weighted by Crippen LogP contribution is 2.38. The molecule has 1 amide bonds. The van der Waals surface area contributed by atoms with Crippen molar-refractivity contribution in [2.45, 2.75) is 18.9 Å². The van der Waals surface area contributed by atoms with Crippen molar-refractivity contribution in [1.29, 1.82) is 0 Å². The van der Waals surface area contributed by atoms with E-state index in [0.717, 1.165) is 12.8 Å². The number of amides is 1. The van der Waals surface area contributed by atoms with E-state index in [1.165, 1.54) is 21.3 Å². The monoisotopic (exact) mass is 330 g/mol. The molecular weight excluding hydrogens is 308 g/mol. The van der Waals surface area contributed by atoms with Crippen molar-refractivity contribution in [1.82, 2.24) is 5.32 Å². The number of hydrogen-bond acceptors (Lipinski definition) is 5. The summed E-state index contributed by atoms with van der Waals surface area (Å²) < 4.78 is 15.7. The van der Waals surface area contributed by atoms with Gasteiger partial charge in [0.25, 0.3) is 5.91 Å². The zero-order valence-electron chi connectivity index (χ0n) is 13.0. The van der Waals surface area contributed by atoms with Crippen LogP contribution < -0.4 is 25.3 Å². The first-order chi connectivity index (χ1) is 10.1. The maximum Gasteiger partial charge on any atom is 0.251 e. The summed E-state index contributed by atoms with van der Waals surface area (Å²) in [6, 6.07) is 3.30. The van der Waals surface area contributed by atoms with Gasteiger partial charge in [0.05, 0.1) is 21.3 Å². The lowest BCUT2D eigenvalue weighted by molar-refractivity contribution is 0.0932. The minimum absolute atomic E-state index is 0. The fourth-order valence-electron chi connectivity index (χ4n) is 2.33. The summed E-state index contributed by atoms with van der Waals surface area (Å²) in [5, 5.41) is 2.97. The molecule has 0 aromatic heterocycles. The van der Waals surface area contributed by atoms with Crippen LogP contribution in [0.2, 0.25) is 0 Å². The van der Waals surface area contributed by atoms with E-state index in [1.54, 1.807) is 12.1 Å². The normalized spacial score (nSPS) is 14.5. The van der Waals surface area contributed by atoms with Crippen molar-refractivity contribution in [3.8, 4) is 17.2 Å². The van der Waals surface area contributed by atoms with E-state index >= 15 is 0 Å². The lowest BCUT2D eigenvalue weighted by atomic mass is 10.1. The first-order valence-corrected chi connectivity index (χ1v) is 6.95. The quantitative estimate of drug-likeness (QED) is 0.793. The van der Waals surface area contributed by atoms with Crippen LogP contribution in [-0.2, 0) is 0 Å². The van der Waals surface area contributed by atoms with Crippen LogP contribution in [0.25, 0.3) is 0 Å². The van der Waals surface area contributed by atoms with Crippen LogP contribution in [0.5, 0.6) is 17.2 Å². The molecule has 22 heavy (non-hydrogen) atoms. The third kappa shape index (κ3) is 3.96. The van der Waals surface area contributed by atoms with Gasteiger partial charge in [0.15, 0.2) is 11.5 Å². The highest BCUT2D eigenvalue weighted by molar-refractivity contribution is 5.95. The van der Waals surface area contributed by atoms with Gasteiger partial charge in [-0.05, 0) is 30.9 Å². The summed E-state index contributed by atoms with van der Waals surface area (Å²) in [6.45, 7) is 0.445. The molecule has 3 N–H and O–H groups in total. The molecule has 6 nitrogen and oxygen atoms in total. The van der Waals surface area contributed by atoms with Gasteiger partial charge >= 0.3 is 0 Å². The molecular formula is C15H23ClN2O4. The average Bonchev–Trinajstić information content (AvgIpc) is 3.35. The SMILES string of the molecule is COc1cc(C(=O)NC(CN)C2CC2)cc(OC)c1OC.Cl. The summed E-state index contributed by atoms with van der Waals surface area (Å²) in [6.07, 6.45) is 2.24. The van der Waals surface area contributed by atoms with Gasteiger partial charge in [-0.3, -0.25) is 4.79 Å². The van der Waals surface area contributed by atoms with E-state index in [-0.39, 0.29) is 24.4 Å². The summed E-state index contributed by atoms with van der Waals surface area (Å²) in [5.41, 5.74) is 6.18. The number of rotatable bonds is 7. The third-order valence-corrected chi connectivity index (χ3v) is 3.69. The van der Waals surface area contributed by atoms with Crippen LogP contribution in [0, 0.1) is 5.92 Å². The Morgan fingerprint density at radius 1 is 1.23 bits per heavy atom. The number of halogens is 1. The molecule has 1 aliphatic carbocycles. The highest BCUT2D eigenvalue weighted by Gasteiger charge is 2.31. The van der Waals surface area contributed by atoms with Crippen molar-refractivity contribution in [3.05, 3.63) is 17.7 Å². The zero-order chi connectivity index (χ0) is 15.4. The molecule has 1 saturated carbocycles.